The van der Waals surface area contributed by atoms with Gasteiger partial charge in [0.1, 0.15) is 0 Å². The highest BCUT2D eigenvalue weighted by Crippen LogP contribution is 2.08. The zero-order valence-electron chi connectivity index (χ0n) is 9.79. The standard InChI is InChI=1S/C11H22N2O2/c1-7(2)4-8(3)13-11(15)10-5-9(14)6-12-10/h7-10,12,14H,4-6H2,1-3H3,(H,13,15). The predicted octanol–water partition coefficient (Wildman–Crippen LogP) is 0.260. The van der Waals surface area contributed by atoms with Crippen molar-refractivity contribution in [2.45, 2.75) is 51.8 Å². The molecule has 1 aliphatic rings. The van der Waals surface area contributed by atoms with Crippen molar-refractivity contribution in [3.05, 3.63) is 0 Å². The maximum atomic E-state index is 11.7. The normalized spacial score (nSPS) is 28.1. The topological polar surface area (TPSA) is 61.4 Å². The molecule has 88 valence electrons. The summed E-state index contributed by atoms with van der Waals surface area (Å²) in [5.41, 5.74) is 0. The Morgan fingerprint density at radius 3 is 2.67 bits per heavy atom. The van der Waals surface area contributed by atoms with Crippen LogP contribution < -0.4 is 10.6 Å². The summed E-state index contributed by atoms with van der Waals surface area (Å²) in [7, 11) is 0. The Morgan fingerprint density at radius 1 is 1.53 bits per heavy atom. The second kappa shape index (κ2) is 5.47. The van der Waals surface area contributed by atoms with Crippen LogP contribution in [0.3, 0.4) is 0 Å². The molecule has 0 aromatic heterocycles. The van der Waals surface area contributed by atoms with Gasteiger partial charge in [-0.15, -0.1) is 0 Å². The molecular formula is C11H22N2O2. The van der Waals surface area contributed by atoms with E-state index in [4.69, 9.17) is 0 Å². The van der Waals surface area contributed by atoms with Gasteiger partial charge in [-0.3, -0.25) is 4.79 Å². The van der Waals surface area contributed by atoms with Crippen molar-refractivity contribution in [1.82, 2.24) is 10.6 Å². The highest BCUT2D eigenvalue weighted by molar-refractivity contribution is 5.82. The summed E-state index contributed by atoms with van der Waals surface area (Å²) in [5, 5.41) is 15.2. The van der Waals surface area contributed by atoms with Crippen molar-refractivity contribution >= 4 is 5.91 Å². The van der Waals surface area contributed by atoms with E-state index in [1.807, 2.05) is 6.92 Å². The summed E-state index contributed by atoms with van der Waals surface area (Å²) in [6.45, 7) is 6.82. The van der Waals surface area contributed by atoms with Gasteiger partial charge in [-0.05, 0) is 25.7 Å². The van der Waals surface area contributed by atoms with E-state index in [1.165, 1.54) is 0 Å². The molecule has 1 rings (SSSR count). The van der Waals surface area contributed by atoms with E-state index >= 15 is 0 Å². The van der Waals surface area contributed by atoms with Crippen LogP contribution >= 0.6 is 0 Å². The molecule has 0 aromatic carbocycles. The third-order valence-corrected chi connectivity index (χ3v) is 2.64. The lowest BCUT2D eigenvalue weighted by molar-refractivity contribution is -0.123. The Kier molecular flexibility index (Phi) is 4.54. The van der Waals surface area contributed by atoms with Gasteiger partial charge >= 0.3 is 0 Å². The average molecular weight is 214 g/mol. The second-order valence-electron chi connectivity index (χ2n) is 4.89. The number of aliphatic hydroxyl groups is 1. The third kappa shape index (κ3) is 4.18. The summed E-state index contributed by atoms with van der Waals surface area (Å²) in [6.07, 6.45) is 1.14. The highest BCUT2D eigenvalue weighted by Gasteiger charge is 2.28. The fourth-order valence-electron chi connectivity index (χ4n) is 2.03. The van der Waals surface area contributed by atoms with Gasteiger partial charge in [0.15, 0.2) is 0 Å². The number of hydrogen-bond donors (Lipinski definition) is 3. The number of carbonyl (C=O) groups excluding carboxylic acids is 1. The van der Waals surface area contributed by atoms with Crippen LogP contribution in [0.25, 0.3) is 0 Å². The number of hydrogen-bond acceptors (Lipinski definition) is 3. The minimum atomic E-state index is -0.374. The van der Waals surface area contributed by atoms with Crippen LogP contribution in [0, 0.1) is 5.92 Å². The van der Waals surface area contributed by atoms with Gasteiger partial charge in [0.05, 0.1) is 12.1 Å². The molecule has 1 aliphatic heterocycles. The Balaban J connectivity index is 2.29. The lowest BCUT2D eigenvalue weighted by atomic mass is 10.0. The molecular weight excluding hydrogens is 192 g/mol. The van der Waals surface area contributed by atoms with Crippen molar-refractivity contribution in [2.75, 3.05) is 6.54 Å². The van der Waals surface area contributed by atoms with E-state index in [2.05, 4.69) is 24.5 Å². The van der Waals surface area contributed by atoms with Crippen molar-refractivity contribution in [3.8, 4) is 0 Å². The number of β-amino-alcohol motifs (C(OH)–C–C–N with tert-alkyl or cyclic N) is 1. The van der Waals surface area contributed by atoms with Crippen LogP contribution in [0.1, 0.15) is 33.6 Å². The minimum Gasteiger partial charge on any atom is -0.392 e. The first kappa shape index (κ1) is 12.5. The molecule has 3 N–H and O–H groups in total. The predicted molar refractivity (Wildman–Crippen MR) is 59.5 cm³/mol. The van der Waals surface area contributed by atoms with Gasteiger partial charge in [0.25, 0.3) is 0 Å². The Morgan fingerprint density at radius 2 is 2.20 bits per heavy atom. The van der Waals surface area contributed by atoms with Crippen LogP contribution in [0.15, 0.2) is 0 Å². The molecule has 15 heavy (non-hydrogen) atoms. The molecule has 3 atom stereocenters. The molecule has 1 fully saturated rings. The molecule has 0 spiro atoms. The molecule has 4 nitrogen and oxygen atoms in total. The van der Waals surface area contributed by atoms with E-state index in [9.17, 15) is 9.90 Å². The first-order chi connectivity index (χ1) is 6.99. The fourth-order valence-corrected chi connectivity index (χ4v) is 2.03. The van der Waals surface area contributed by atoms with Gasteiger partial charge in [-0.25, -0.2) is 0 Å². The largest absolute Gasteiger partial charge is 0.392 e. The monoisotopic (exact) mass is 214 g/mol. The zero-order chi connectivity index (χ0) is 11.4. The number of amides is 1. The van der Waals surface area contributed by atoms with Crippen LogP contribution in [-0.4, -0.2) is 35.7 Å². The fraction of sp³-hybridized carbons (Fsp3) is 0.909. The summed E-state index contributed by atoms with van der Waals surface area (Å²) < 4.78 is 0. The lowest BCUT2D eigenvalue weighted by Gasteiger charge is -2.18. The molecule has 1 saturated heterocycles. The lowest BCUT2D eigenvalue weighted by Crippen LogP contribution is -2.44. The van der Waals surface area contributed by atoms with E-state index in [-0.39, 0.29) is 24.1 Å². The van der Waals surface area contributed by atoms with E-state index < -0.39 is 0 Å². The molecule has 0 bridgehead atoms. The second-order valence-corrected chi connectivity index (χ2v) is 4.89. The molecule has 1 heterocycles. The summed E-state index contributed by atoms with van der Waals surface area (Å²) in [5.74, 6) is 0.599. The van der Waals surface area contributed by atoms with Crippen LogP contribution in [-0.2, 0) is 4.79 Å². The van der Waals surface area contributed by atoms with Gasteiger partial charge < -0.3 is 15.7 Å². The van der Waals surface area contributed by atoms with Gasteiger partial charge in [0.2, 0.25) is 5.91 Å². The number of carbonyl (C=O) groups is 1. The van der Waals surface area contributed by atoms with Crippen molar-refractivity contribution in [3.63, 3.8) is 0 Å². The summed E-state index contributed by atoms with van der Waals surface area (Å²) in [6, 6.07) is -0.00773. The highest BCUT2D eigenvalue weighted by atomic mass is 16.3. The average Bonchev–Trinajstić information content (AvgIpc) is 2.49. The molecule has 0 saturated carbocycles. The smallest absolute Gasteiger partial charge is 0.237 e. The quantitative estimate of drug-likeness (QED) is 0.629. The maximum Gasteiger partial charge on any atom is 0.237 e. The van der Waals surface area contributed by atoms with E-state index in [0.29, 0.717) is 18.9 Å². The van der Waals surface area contributed by atoms with Crippen molar-refractivity contribution < 1.29 is 9.90 Å². The Hall–Kier alpha value is -0.610. The maximum absolute atomic E-state index is 11.7. The zero-order valence-corrected chi connectivity index (χ0v) is 9.79. The van der Waals surface area contributed by atoms with Crippen molar-refractivity contribution in [2.24, 2.45) is 5.92 Å². The molecule has 0 radical (unpaired) electrons. The number of rotatable bonds is 4. The summed E-state index contributed by atoms with van der Waals surface area (Å²) >= 11 is 0. The summed E-state index contributed by atoms with van der Waals surface area (Å²) in [4.78, 5) is 11.7. The Labute approximate surface area is 91.4 Å². The van der Waals surface area contributed by atoms with Crippen LogP contribution in [0.5, 0.6) is 0 Å². The molecule has 0 aliphatic carbocycles. The number of nitrogens with one attached hydrogen (secondary N) is 2. The molecule has 3 unspecified atom stereocenters. The first-order valence-corrected chi connectivity index (χ1v) is 5.71. The van der Waals surface area contributed by atoms with E-state index in [1.54, 1.807) is 0 Å². The van der Waals surface area contributed by atoms with Crippen LogP contribution in [0.4, 0.5) is 0 Å². The van der Waals surface area contributed by atoms with E-state index in [0.717, 1.165) is 6.42 Å². The molecule has 1 amide bonds. The van der Waals surface area contributed by atoms with Crippen LogP contribution in [0.2, 0.25) is 0 Å². The Bertz CT molecular complexity index is 219. The number of aliphatic hydroxyl groups excluding tert-OH is 1. The van der Waals surface area contributed by atoms with Crippen molar-refractivity contribution in [1.29, 1.82) is 0 Å². The SMILES string of the molecule is CC(C)CC(C)NC(=O)C1CC(O)CN1. The van der Waals surface area contributed by atoms with Gasteiger partial charge in [0, 0.05) is 12.6 Å². The molecule has 0 aromatic rings. The molecule has 4 heteroatoms. The van der Waals surface area contributed by atoms with Gasteiger partial charge in [-0.2, -0.15) is 0 Å². The first-order valence-electron chi connectivity index (χ1n) is 5.71. The third-order valence-electron chi connectivity index (χ3n) is 2.64. The van der Waals surface area contributed by atoms with Gasteiger partial charge in [-0.1, -0.05) is 13.8 Å². The minimum absolute atomic E-state index is 0.0136.